The van der Waals surface area contributed by atoms with E-state index in [9.17, 15) is 4.79 Å². The number of thiophene rings is 1. The second-order valence-electron chi connectivity index (χ2n) is 7.59. The smallest absolute Gasteiger partial charge is 0.253 e. The average molecular weight is 464 g/mol. The normalized spacial score (nSPS) is 11.8. The summed E-state index contributed by atoms with van der Waals surface area (Å²) in [6.45, 7) is 3.12. The number of pyridine rings is 1. The first-order chi connectivity index (χ1) is 15.5. The number of rotatable bonds is 7. The van der Waals surface area contributed by atoms with E-state index >= 15 is 0 Å². The zero-order chi connectivity index (χ0) is 22.5. The van der Waals surface area contributed by atoms with Crippen LogP contribution in [-0.2, 0) is 13.1 Å². The molecule has 2 heterocycles. The van der Waals surface area contributed by atoms with Gasteiger partial charge < -0.3 is 19.9 Å². The number of fused-ring (bicyclic) bond motifs is 1. The molecule has 0 fully saturated rings. The fourth-order valence-electron chi connectivity index (χ4n) is 3.57. The molecule has 0 aliphatic carbocycles. The molecule has 1 unspecified atom stereocenters. The van der Waals surface area contributed by atoms with E-state index in [-0.39, 0.29) is 11.6 Å². The number of hydrogen-bond donors (Lipinski definition) is 2. The Kier molecular flexibility index (Phi) is 6.87. The van der Waals surface area contributed by atoms with Crippen LogP contribution in [0.15, 0.2) is 76.9 Å². The van der Waals surface area contributed by atoms with Crippen LogP contribution >= 0.6 is 23.6 Å². The van der Waals surface area contributed by atoms with Gasteiger partial charge in [-0.1, -0.05) is 36.4 Å². The number of hydrogen-bond acceptors (Lipinski definition) is 4. The Bertz CT molecular complexity index is 1250. The van der Waals surface area contributed by atoms with Gasteiger partial charge >= 0.3 is 0 Å². The van der Waals surface area contributed by atoms with Crippen LogP contribution in [0.3, 0.4) is 0 Å². The summed E-state index contributed by atoms with van der Waals surface area (Å²) in [5.74, 6) is 0.709. The molecule has 0 saturated heterocycles. The van der Waals surface area contributed by atoms with E-state index in [0.717, 1.165) is 16.5 Å². The van der Waals surface area contributed by atoms with Crippen LogP contribution in [-0.4, -0.2) is 22.1 Å². The topological polar surface area (TPSA) is 57.4 Å². The van der Waals surface area contributed by atoms with Crippen LogP contribution in [0.2, 0.25) is 0 Å². The SMILES string of the molecule is COc1ccc2cc(CN(Cc3cccs3)C(=S)NC(C)c3ccccc3)c(=O)[nH]c2c1. The summed E-state index contributed by atoms with van der Waals surface area (Å²) in [6.07, 6.45) is 0. The third kappa shape index (κ3) is 5.18. The summed E-state index contributed by atoms with van der Waals surface area (Å²) in [6, 6.07) is 21.9. The van der Waals surface area contributed by atoms with Crippen LogP contribution in [0.4, 0.5) is 0 Å². The predicted molar refractivity (Wildman–Crippen MR) is 135 cm³/mol. The van der Waals surface area contributed by atoms with Crippen molar-refractivity contribution in [2.45, 2.75) is 26.1 Å². The lowest BCUT2D eigenvalue weighted by Crippen LogP contribution is -2.40. The van der Waals surface area contributed by atoms with Crippen LogP contribution in [0.5, 0.6) is 5.75 Å². The van der Waals surface area contributed by atoms with Gasteiger partial charge in [0.1, 0.15) is 5.75 Å². The number of ether oxygens (including phenoxy) is 1. The van der Waals surface area contributed by atoms with Gasteiger partial charge in [-0.3, -0.25) is 4.79 Å². The Morgan fingerprint density at radius 2 is 1.94 bits per heavy atom. The molecule has 7 heteroatoms. The largest absolute Gasteiger partial charge is 0.497 e. The molecule has 4 rings (SSSR count). The van der Waals surface area contributed by atoms with Crippen molar-refractivity contribution >= 4 is 39.6 Å². The summed E-state index contributed by atoms with van der Waals surface area (Å²) in [7, 11) is 1.61. The van der Waals surface area contributed by atoms with Crippen molar-refractivity contribution in [2.75, 3.05) is 7.11 Å². The van der Waals surface area contributed by atoms with E-state index < -0.39 is 0 Å². The van der Waals surface area contributed by atoms with Crippen LogP contribution in [0.1, 0.15) is 29.0 Å². The Morgan fingerprint density at radius 1 is 1.12 bits per heavy atom. The number of benzene rings is 2. The summed E-state index contributed by atoms with van der Waals surface area (Å²) < 4.78 is 5.27. The summed E-state index contributed by atoms with van der Waals surface area (Å²) in [5, 5.41) is 7.05. The number of thiocarbonyl (C=S) groups is 1. The van der Waals surface area contributed by atoms with Crippen LogP contribution in [0, 0.1) is 0 Å². The molecule has 32 heavy (non-hydrogen) atoms. The zero-order valence-corrected chi connectivity index (χ0v) is 19.6. The number of nitrogens with one attached hydrogen (secondary N) is 2. The number of methoxy groups -OCH3 is 1. The van der Waals surface area contributed by atoms with E-state index in [4.69, 9.17) is 17.0 Å². The summed E-state index contributed by atoms with van der Waals surface area (Å²) >= 11 is 7.46. The predicted octanol–water partition coefficient (Wildman–Crippen LogP) is 5.24. The van der Waals surface area contributed by atoms with Gasteiger partial charge in [0.2, 0.25) is 0 Å². The molecule has 4 aromatic rings. The number of H-pyrrole nitrogens is 1. The molecule has 2 aromatic heterocycles. The first-order valence-electron chi connectivity index (χ1n) is 10.4. The fraction of sp³-hybridized carbons (Fsp3) is 0.200. The van der Waals surface area contributed by atoms with Crippen molar-refractivity contribution in [3.05, 3.63) is 98.5 Å². The minimum atomic E-state index is -0.124. The van der Waals surface area contributed by atoms with Crippen molar-refractivity contribution in [1.29, 1.82) is 0 Å². The van der Waals surface area contributed by atoms with Gasteiger partial charge in [-0.25, -0.2) is 0 Å². The third-order valence-corrected chi connectivity index (χ3v) is 6.58. The van der Waals surface area contributed by atoms with Crippen molar-refractivity contribution < 1.29 is 4.74 Å². The average Bonchev–Trinajstić information content (AvgIpc) is 3.32. The first kappa shape index (κ1) is 22.0. The maximum atomic E-state index is 12.9. The Balaban J connectivity index is 1.59. The molecule has 2 aromatic carbocycles. The maximum Gasteiger partial charge on any atom is 0.253 e. The molecule has 0 radical (unpaired) electrons. The highest BCUT2D eigenvalue weighted by atomic mass is 32.1. The Morgan fingerprint density at radius 3 is 2.66 bits per heavy atom. The molecule has 1 atom stereocenters. The molecule has 0 aliphatic rings. The van der Waals surface area contributed by atoms with Gasteiger partial charge in [-0.2, -0.15) is 0 Å². The molecule has 164 valence electrons. The van der Waals surface area contributed by atoms with Crippen molar-refractivity contribution in [3.8, 4) is 5.75 Å². The lowest BCUT2D eigenvalue weighted by atomic mass is 10.1. The molecular weight excluding hydrogens is 438 g/mol. The molecule has 0 saturated carbocycles. The number of nitrogens with zero attached hydrogens (tertiary/aromatic N) is 1. The Labute approximate surface area is 196 Å². The van der Waals surface area contributed by atoms with Crippen molar-refractivity contribution in [2.24, 2.45) is 0 Å². The molecule has 0 bridgehead atoms. The van der Waals surface area contributed by atoms with Gasteiger partial charge in [0.15, 0.2) is 5.11 Å². The first-order valence-corrected chi connectivity index (χ1v) is 11.6. The quantitative estimate of drug-likeness (QED) is 0.367. The van der Waals surface area contributed by atoms with Crippen molar-refractivity contribution in [3.63, 3.8) is 0 Å². The van der Waals surface area contributed by atoms with Crippen molar-refractivity contribution in [1.82, 2.24) is 15.2 Å². The highest BCUT2D eigenvalue weighted by Gasteiger charge is 2.17. The lowest BCUT2D eigenvalue weighted by Gasteiger charge is -2.28. The van der Waals surface area contributed by atoms with E-state index in [1.54, 1.807) is 18.4 Å². The van der Waals surface area contributed by atoms with Gasteiger partial charge in [-0.15, -0.1) is 11.3 Å². The molecular formula is C25H25N3O2S2. The van der Waals surface area contributed by atoms with Gasteiger partial charge in [0.05, 0.1) is 31.8 Å². The standard InChI is InChI=1S/C25H25N3O2S2/c1-17(18-7-4-3-5-8-18)26-25(31)28(16-22-9-6-12-32-22)15-20-13-19-10-11-21(30-2)14-23(19)27-24(20)29/h3-14,17H,15-16H2,1-2H3,(H,26,31)(H,27,29). The molecule has 5 nitrogen and oxygen atoms in total. The maximum absolute atomic E-state index is 12.9. The van der Waals surface area contributed by atoms with Crippen LogP contribution < -0.4 is 15.6 Å². The minimum absolute atomic E-state index is 0.0527. The fourth-order valence-corrected chi connectivity index (χ4v) is 4.59. The number of aromatic amines is 1. The molecule has 0 spiro atoms. The Hall–Kier alpha value is -3.16. The highest BCUT2D eigenvalue weighted by molar-refractivity contribution is 7.80. The van der Waals surface area contributed by atoms with Gasteiger partial charge in [0, 0.05) is 16.5 Å². The highest BCUT2D eigenvalue weighted by Crippen LogP contribution is 2.20. The number of aromatic nitrogens is 1. The van der Waals surface area contributed by atoms with E-state index in [1.165, 1.54) is 4.88 Å². The summed E-state index contributed by atoms with van der Waals surface area (Å²) in [5.41, 5.74) is 2.45. The van der Waals surface area contributed by atoms with E-state index in [2.05, 4.69) is 35.4 Å². The minimum Gasteiger partial charge on any atom is -0.497 e. The molecule has 0 amide bonds. The zero-order valence-electron chi connectivity index (χ0n) is 18.0. The van der Waals surface area contributed by atoms with Gasteiger partial charge in [-0.05, 0) is 59.7 Å². The van der Waals surface area contributed by atoms with E-state index in [1.807, 2.05) is 58.8 Å². The van der Waals surface area contributed by atoms with E-state index in [0.29, 0.717) is 29.5 Å². The second-order valence-corrected chi connectivity index (χ2v) is 9.01. The lowest BCUT2D eigenvalue weighted by molar-refractivity contribution is 0.395. The summed E-state index contributed by atoms with van der Waals surface area (Å²) in [4.78, 5) is 19.1. The molecule has 0 aliphatic heterocycles. The molecule has 2 N–H and O–H groups in total. The van der Waals surface area contributed by atoms with Gasteiger partial charge in [0.25, 0.3) is 5.56 Å². The van der Waals surface area contributed by atoms with Crippen LogP contribution in [0.25, 0.3) is 10.9 Å². The third-order valence-electron chi connectivity index (χ3n) is 5.34. The monoisotopic (exact) mass is 463 g/mol. The second kappa shape index (κ2) is 9.97.